The van der Waals surface area contributed by atoms with Gasteiger partial charge in [-0.3, -0.25) is 4.79 Å². The summed E-state index contributed by atoms with van der Waals surface area (Å²) in [6, 6.07) is 5.66. The summed E-state index contributed by atoms with van der Waals surface area (Å²) in [6.45, 7) is 5.57. The van der Waals surface area contributed by atoms with E-state index in [1.165, 1.54) is 12.5 Å². The van der Waals surface area contributed by atoms with Crippen LogP contribution in [0.15, 0.2) is 24.4 Å². The van der Waals surface area contributed by atoms with Gasteiger partial charge in [-0.1, -0.05) is 6.92 Å². The van der Waals surface area contributed by atoms with E-state index < -0.39 is 0 Å². The van der Waals surface area contributed by atoms with Crippen molar-refractivity contribution in [2.24, 2.45) is 0 Å². The van der Waals surface area contributed by atoms with Crippen LogP contribution in [0.5, 0.6) is 5.75 Å². The van der Waals surface area contributed by atoms with Gasteiger partial charge in [0.25, 0.3) is 0 Å². The topological polar surface area (TPSA) is 54.1 Å². The maximum atomic E-state index is 11.0. The number of nitrogens with one attached hydrogen (secondary N) is 2. The van der Waals surface area contributed by atoms with E-state index in [-0.39, 0.29) is 5.97 Å². The Morgan fingerprint density at radius 1 is 1.37 bits per heavy atom. The minimum absolute atomic E-state index is 0.291. The van der Waals surface area contributed by atoms with Crippen LogP contribution < -0.4 is 10.1 Å². The molecule has 0 radical (unpaired) electrons. The van der Waals surface area contributed by atoms with Crippen LogP contribution in [-0.2, 0) is 11.2 Å². The van der Waals surface area contributed by atoms with Crippen molar-refractivity contribution in [3.05, 3.63) is 30.0 Å². The van der Waals surface area contributed by atoms with Crippen LogP contribution in [0.3, 0.4) is 0 Å². The minimum atomic E-state index is -0.291. The van der Waals surface area contributed by atoms with Crippen molar-refractivity contribution >= 4 is 16.9 Å². The molecular weight excluding hydrogens is 240 g/mol. The van der Waals surface area contributed by atoms with Gasteiger partial charge < -0.3 is 15.0 Å². The monoisotopic (exact) mass is 260 g/mol. The fourth-order valence-corrected chi connectivity index (χ4v) is 2.12. The van der Waals surface area contributed by atoms with Crippen molar-refractivity contribution in [3.8, 4) is 5.75 Å². The summed E-state index contributed by atoms with van der Waals surface area (Å²) in [5.41, 5.74) is 2.31. The van der Waals surface area contributed by atoms with Gasteiger partial charge in [-0.25, -0.2) is 0 Å². The van der Waals surface area contributed by atoms with E-state index in [2.05, 4.69) is 17.2 Å². The molecule has 19 heavy (non-hydrogen) atoms. The van der Waals surface area contributed by atoms with E-state index in [4.69, 9.17) is 4.74 Å². The van der Waals surface area contributed by atoms with Crippen LogP contribution in [0.25, 0.3) is 10.9 Å². The second kappa shape index (κ2) is 6.38. The Labute approximate surface area is 113 Å². The Balaban J connectivity index is 2.12. The van der Waals surface area contributed by atoms with Crippen LogP contribution in [0, 0.1) is 0 Å². The highest BCUT2D eigenvalue weighted by atomic mass is 16.5. The van der Waals surface area contributed by atoms with Crippen molar-refractivity contribution in [2.45, 2.75) is 26.7 Å². The first-order chi connectivity index (χ1) is 9.20. The number of benzene rings is 1. The van der Waals surface area contributed by atoms with Crippen LogP contribution in [0.4, 0.5) is 0 Å². The predicted molar refractivity (Wildman–Crippen MR) is 76.5 cm³/mol. The molecule has 0 bridgehead atoms. The Morgan fingerprint density at radius 3 is 2.95 bits per heavy atom. The summed E-state index contributed by atoms with van der Waals surface area (Å²) < 4.78 is 5.12. The number of carbonyl (C=O) groups excluding carboxylic acids is 1. The summed E-state index contributed by atoms with van der Waals surface area (Å²) >= 11 is 0. The Bertz CT molecular complexity index is 560. The van der Waals surface area contributed by atoms with Crippen molar-refractivity contribution in [3.63, 3.8) is 0 Å². The molecule has 2 aromatic rings. The predicted octanol–water partition coefficient (Wildman–Crippen LogP) is 2.64. The summed E-state index contributed by atoms with van der Waals surface area (Å²) in [4.78, 5) is 14.2. The van der Waals surface area contributed by atoms with Gasteiger partial charge in [0.15, 0.2) is 0 Å². The molecule has 0 fully saturated rings. The molecule has 1 heterocycles. The number of rotatable bonds is 6. The number of ether oxygens (including phenoxy) is 1. The Morgan fingerprint density at radius 2 is 2.21 bits per heavy atom. The van der Waals surface area contributed by atoms with E-state index >= 15 is 0 Å². The molecule has 0 amide bonds. The molecule has 2 N–H and O–H groups in total. The molecule has 0 aliphatic carbocycles. The van der Waals surface area contributed by atoms with E-state index in [1.807, 2.05) is 18.3 Å². The number of H-pyrrole nitrogens is 1. The highest BCUT2D eigenvalue weighted by molar-refractivity contribution is 5.85. The van der Waals surface area contributed by atoms with Gasteiger partial charge in [-0.2, -0.15) is 0 Å². The van der Waals surface area contributed by atoms with Gasteiger partial charge in [-0.05, 0) is 49.7 Å². The van der Waals surface area contributed by atoms with E-state index in [1.54, 1.807) is 6.07 Å². The number of aromatic amines is 1. The zero-order valence-electron chi connectivity index (χ0n) is 11.5. The van der Waals surface area contributed by atoms with Crippen molar-refractivity contribution in [1.29, 1.82) is 0 Å². The lowest BCUT2D eigenvalue weighted by Crippen LogP contribution is -2.17. The van der Waals surface area contributed by atoms with Crippen molar-refractivity contribution in [1.82, 2.24) is 10.3 Å². The third-order valence-corrected chi connectivity index (χ3v) is 3.00. The summed E-state index contributed by atoms with van der Waals surface area (Å²) in [6.07, 6.45) is 4.13. The SMILES string of the molecule is CCCNCCc1c[nH]c2ccc(OC(C)=O)cc12. The third kappa shape index (κ3) is 3.58. The molecule has 102 valence electrons. The van der Waals surface area contributed by atoms with Gasteiger partial charge in [0.2, 0.25) is 0 Å². The average molecular weight is 260 g/mol. The lowest BCUT2D eigenvalue weighted by Gasteiger charge is -2.04. The normalized spacial score (nSPS) is 10.8. The number of hydrogen-bond acceptors (Lipinski definition) is 3. The van der Waals surface area contributed by atoms with Crippen molar-refractivity contribution in [2.75, 3.05) is 13.1 Å². The van der Waals surface area contributed by atoms with E-state index in [0.717, 1.165) is 36.8 Å². The van der Waals surface area contributed by atoms with Crippen LogP contribution in [0.1, 0.15) is 25.8 Å². The molecule has 0 unspecified atom stereocenters. The van der Waals surface area contributed by atoms with Gasteiger partial charge >= 0.3 is 5.97 Å². The van der Waals surface area contributed by atoms with E-state index in [9.17, 15) is 4.79 Å². The van der Waals surface area contributed by atoms with Gasteiger partial charge in [-0.15, -0.1) is 0 Å². The van der Waals surface area contributed by atoms with Crippen LogP contribution in [-0.4, -0.2) is 24.0 Å². The smallest absolute Gasteiger partial charge is 0.308 e. The maximum Gasteiger partial charge on any atom is 0.308 e. The molecule has 2 rings (SSSR count). The molecule has 1 aromatic carbocycles. The maximum absolute atomic E-state index is 11.0. The Hall–Kier alpha value is -1.81. The number of carbonyl (C=O) groups is 1. The second-order valence-electron chi connectivity index (χ2n) is 4.61. The molecular formula is C15H20N2O2. The molecule has 4 nitrogen and oxygen atoms in total. The third-order valence-electron chi connectivity index (χ3n) is 3.00. The molecule has 4 heteroatoms. The highest BCUT2D eigenvalue weighted by Gasteiger charge is 2.06. The highest BCUT2D eigenvalue weighted by Crippen LogP contribution is 2.24. The quantitative estimate of drug-likeness (QED) is 0.477. The molecule has 0 aliphatic heterocycles. The molecule has 0 spiro atoms. The van der Waals surface area contributed by atoms with Gasteiger partial charge in [0.05, 0.1) is 0 Å². The fourth-order valence-electron chi connectivity index (χ4n) is 2.12. The summed E-state index contributed by atoms with van der Waals surface area (Å²) in [5, 5.41) is 4.51. The average Bonchev–Trinajstić information content (AvgIpc) is 2.77. The molecule has 0 saturated carbocycles. The van der Waals surface area contributed by atoms with Crippen LogP contribution >= 0.6 is 0 Å². The first kappa shape index (κ1) is 13.6. The van der Waals surface area contributed by atoms with Gasteiger partial charge in [0.1, 0.15) is 5.75 Å². The number of esters is 1. The standard InChI is InChI=1S/C15H20N2O2/c1-3-7-16-8-6-12-10-17-15-5-4-13(9-14(12)15)19-11(2)18/h4-5,9-10,16-17H,3,6-8H2,1-2H3. The van der Waals surface area contributed by atoms with Crippen molar-refractivity contribution < 1.29 is 9.53 Å². The second-order valence-corrected chi connectivity index (χ2v) is 4.61. The minimum Gasteiger partial charge on any atom is -0.427 e. The lowest BCUT2D eigenvalue weighted by molar-refractivity contribution is -0.131. The summed E-state index contributed by atoms with van der Waals surface area (Å²) in [7, 11) is 0. The Kier molecular flexibility index (Phi) is 4.58. The lowest BCUT2D eigenvalue weighted by atomic mass is 10.1. The van der Waals surface area contributed by atoms with E-state index in [0.29, 0.717) is 5.75 Å². The molecule has 0 saturated heterocycles. The van der Waals surface area contributed by atoms with Gasteiger partial charge in [0, 0.05) is 24.0 Å². The fraction of sp³-hybridized carbons (Fsp3) is 0.400. The zero-order valence-corrected chi connectivity index (χ0v) is 11.5. The summed E-state index contributed by atoms with van der Waals surface area (Å²) in [5.74, 6) is 0.309. The van der Waals surface area contributed by atoms with Crippen LogP contribution in [0.2, 0.25) is 0 Å². The molecule has 1 aromatic heterocycles. The molecule has 0 atom stereocenters. The number of hydrogen-bond donors (Lipinski definition) is 2. The zero-order chi connectivity index (χ0) is 13.7. The number of aromatic nitrogens is 1. The number of fused-ring (bicyclic) bond motifs is 1. The first-order valence-corrected chi connectivity index (χ1v) is 6.70. The molecule has 0 aliphatic rings. The first-order valence-electron chi connectivity index (χ1n) is 6.70. The largest absolute Gasteiger partial charge is 0.427 e.